The van der Waals surface area contributed by atoms with Gasteiger partial charge in [0.05, 0.1) is 8.41 Å². The third-order valence-corrected chi connectivity index (χ3v) is 0. The van der Waals surface area contributed by atoms with E-state index in [4.69, 9.17) is 33.7 Å². The van der Waals surface area contributed by atoms with Crippen LogP contribution in [0.2, 0.25) is 0 Å². The summed E-state index contributed by atoms with van der Waals surface area (Å²) in [6.07, 6.45) is 0. The molecule has 0 amide bonds. The van der Waals surface area contributed by atoms with Gasteiger partial charge in [-0.25, -0.2) is 0 Å². The van der Waals surface area contributed by atoms with Crippen molar-refractivity contribution in [3.8, 4) is 0 Å². The molecule has 0 fully saturated rings. The molecule has 0 unspecified atom stereocenters. The summed E-state index contributed by atoms with van der Waals surface area (Å²) in [5.41, 5.74) is 0. The van der Waals surface area contributed by atoms with Gasteiger partial charge in [0.15, 0.2) is 5.98 Å². The Bertz CT molecular complexity index is 11.6. The van der Waals surface area contributed by atoms with Crippen molar-refractivity contribution in [3.05, 3.63) is 0 Å². The molecule has 0 heterocycles. The number of halogens is 3. The average Bonchev–Trinajstić information content (AvgIpc) is 0.811. The van der Waals surface area contributed by atoms with E-state index in [1.807, 2.05) is 0 Å². The van der Waals surface area contributed by atoms with E-state index in [2.05, 4.69) is 0 Å². The summed E-state index contributed by atoms with van der Waals surface area (Å²) in [4.78, 5) is 0. The SMILES string of the molecule is B.ClP(Cl)Cl. The smallest absolute Gasteiger partial charge is 0.0596 e. The van der Waals surface area contributed by atoms with Crippen molar-refractivity contribution < 1.29 is 0 Å². The van der Waals surface area contributed by atoms with Gasteiger partial charge in [-0.3, -0.25) is 0 Å². The molecule has 0 aliphatic rings. The second kappa shape index (κ2) is 5.36. The lowest BCUT2D eigenvalue weighted by Crippen LogP contribution is -0.958. The Balaban J connectivity index is 0. The van der Waals surface area contributed by atoms with Crippen molar-refractivity contribution in [2.75, 3.05) is 0 Å². The molecule has 0 atom stereocenters. The molecule has 0 aliphatic heterocycles. The van der Waals surface area contributed by atoms with Crippen LogP contribution in [0.3, 0.4) is 0 Å². The summed E-state index contributed by atoms with van der Waals surface area (Å²) in [6, 6.07) is 0. The normalized spacial score (nSPS) is 7.20. The fourth-order valence-electron chi connectivity index (χ4n) is 0. The maximum Gasteiger partial charge on any atom is 0.179 e. The minimum Gasteiger partial charge on any atom is -0.0596 e. The van der Waals surface area contributed by atoms with Gasteiger partial charge in [0.2, 0.25) is 0 Å². The van der Waals surface area contributed by atoms with E-state index in [0.29, 0.717) is 0 Å². The molecule has 0 radical (unpaired) electrons. The van der Waals surface area contributed by atoms with Crippen molar-refractivity contribution in [3.63, 3.8) is 0 Å². The second-order valence-corrected chi connectivity index (χ2v) is 5.17. The van der Waals surface area contributed by atoms with Crippen LogP contribution >= 0.6 is 39.7 Å². The predicted octanol–water partition coefficient (Wildman–Crippen LogP) is 1.75. The first-order valence-electron chi connectivity index (χ1n) is 0.507. The average molecular weight is 151 g/mol. The number of rotatable bonds is 0. The van der Waals surface area contributed by atoms with E-state index in [9.17, 15) is 0 Å². The molecule has 0 saturated heterocycles. The molecule has 0 bridgehead atoms. The van der Waals surface area contributed by atoms with Crippen LogP contribution in [0.15, 0.2) is 0 Å². The van der Waals surface area contributed by atoms with Crippen molar-refractivity contribution in [2.45, 2.75) is 0 Å². The summed E-state index contributed by atoms with van der Waals surface area (Å²) in [7, 11) is 0. The van der Waals surface area contributed by atoms with E-state index in [1.165, 1.54) is 0 Å². The molecular formula is H3BCl3P. The lowest BCUT2D eigenvalue weighted by atomic mass is 10.8. The van der Waals surface area contributed by atoms with Crippen LogP contribution in [0.25, 0.3) is 0 Å². The Morgan fingerprint density at radius 2 is 1.00 bits per heavy atom. The highest BCUT2D eigenvalue weighted by molar-refractivity contribution is 8.20. The van der Waals surface area contributed by atoms with Gasteiger partial charge >= 0.3 is 0 Å². The highest BCUT2D eigenvalue weighted by atomic mass is 36.0. The Morgan fingerprint density at radius 3 is 1.00 bits per heavy atom. The second-order valence-electron chi connectivity index (χ2n) is 0.192. The largest absolute Gasteiger partial charge is 0.179 e. The zero-order valence-corrected chi connectivity index (χ0v) is 4.74. The first-order chi connectivity index (χ1) is 1.73. The molecule has 0 aliphatic carbocycles. The van der Waals surface area contributed by atoms with Crippen LogP contribution in [-0.4, -0.2) is 8.41 Å². The molecule has 5 heavy (non-hydrogen) atoms. The summed E-state index contributed by atoms with van der Waals surface area (Å²) in [5.74, 6) is -1.20. The molecular weight excluding hydrogens is 148 g/mol. The molecule has 0 saturated carbocycles. The van der Waals surface area contributed by atoms with Gasteiger partial charge < -0.3 is 0 Å². The zero-order valence-electron chi connectivity index (χ0n) is 1.58. The lowest BCUT2D eigenvalue weighted by Gasteiger charge is -1.68. The summed E-state index contributed by atoms with van der Waals surface area (Å²) < 4.78 is 0. The number of hydrogen-bond acceptors (Lipinski definition) is 0. The van der Waals surface area contributed by atoms with Crippen LogP contribution in [0.4, 0.5) is 0 Å². The van der Waals surface area contributed by atoms with E-state index < -0.39 is 5.98 Å². The van der Waals surface area contributed by atoms with Gasteiger partial charge in [-0.1, -0.05) is 33.7 Å². The minimum absolute atomic E-state index is 0. The van der Waals surface area contributed by atoms with Gasteiger partial charge in [0.25, 0.3) is 0 Å². The fraction of sp³-hybridized carbons (Fsp3) is 0. The van der Waals surface area contributed by atoms with Crippen LogP contribution in [0, 0.1) is 0 Å². The fourth-order valence-corrected chi connectivity index (χ4v) is 0. The quantitative estimate of drug-likeness (QED) is 0.365. The van der Waals surface area contributed by atoms with Crippen LogP contribution in [-0.2, 0) is 0 Å². The molecule has 5 heteroatoms. The topological polar surface area (TPSA) is 0 Å². The Hall–Kier alpha value is 1.36. The van der Waals surface area contributed by atoms with Crippen LogP contribution in [0.1, 0.15) is 0 Å². The van der Waals surface area contributed by atoms with Crippen molar-refractivity contribution in [1.82, 2.24) is 0 Å². The van der Waals surface area contributed by atoms with E-state index in [1.54, 1.807) is 0 Å². The lowest BCUT2D eigenvalue weighted by molar-refractivity contribution is 4.58. The van der Waals surface area contributed by atoms with Gasteiger partial charge in [0.1, 0.15) is 0 Å². The zero-order chi connectivity index (χ0) is 3.58. The van der Waals surface area contributed by atoms with Crippen molar-refractivity contribution in [1.29, 1.82) is 0 Å². The third kappa shape index (κ3) is 32.6. The van der Waals surface area contributed by atoms with Crippen molar-refractivity contribution >= 4 is 48.1 Å². The van der Waals surface area contributed by atoms with E-state index in [-0.39, 0.29) is 8.41 Å². The van der Waals surface area contributed by atoms with Gasteiger partial charge in [-0.15, -0.1) is 0 Å². The molecule has 0 rings (SSSR count). The molecule has 0 nitrogen and oxygen atoms in total. The Morgan fingerprint density at radius 1 is 1.00 bits per heavy atom. The highest BCUT2D eigenvalue weighted by Gasteiger charge is 1.80. The standard InChI is InChI=1S/BH3.Cl3P/c;1-4(2)3/h1H3;. The van der Waals surface area contributed by atoms with Gasteiger partial charge in [-0.2, -0.15) is 0 Å². The van der Waals surface area contributed by atoms with Crippen LogP contribution < -0.4 is 0 Å². The molecule has 0 N–H and O–H groups in total. The summed E-state index contributed by atoms with van der Waals surface area (Å²) in [6.45, 7) is 0. The predicted molar refractivity (Wildman–Crippen MR) is 34.4 cm³/mol. The number of hydrogen-bond donors (Lipinski definition) is 0. The highest BCUT2D eigenvalue weighted by Crippen LogP contribution is 2.51. The molecule has 0 spiro atoms. The molecule has 32 valence electrons. The molecule has 0 aromatic rings. The first-order valence-corrected chi connectivity index (χ1v) is 4.56. The van der Waals surface area contributed by atoms with Crippen LogP contribution in [0.5, 0.6) is 0 Å². The van der Waals surface area contributed by atoms with Crippen molar-refractivity contribution in [2.24, 2.45) is 0 Å². The monoisotopic (exact) mass is 150 g/mol. The molecule has 0 aromatic carbocycles. The summed E-state index contributed by atoms with van der Waals surface area (Å²) in [5, 5.41) is 0. The summed E-state index contributed by atoms with van der Waals surface area (Å²) >= 11 is 14.6. The van der Waals surface area contributed by atoms with Gasteiger partial charge in [0, 0.05) is 0 Å². The maximum atomic E-state index is 4.87. The minimum atomic E-state index is -1.20. The van der Waals surface area contributed by atoms with Gasteiger partial charge in [-0.05, 0) is 0 Å². The molecule has 0 aromatic heterocycles. The van der Waals surface area contributed by atoms with E-state index >= 15 is 0 Å². The Kier molecular flexibility index (Phi) is 10.3. The maximum absolute atomic E-state index is 4.87. The first kappa shape index (κ1) is 9.62. The third-order valence-electron chi connectivity index (χ3n) is 0. The Labute approximate surface area is 48.5 Å². The van der Waals surface area contributed by atoms with E-state index in [0.717, 1.165) is 0 Å².